The number of aliphatic hydroxyl groups excluding tert-OH is 1. The third-order valence-electron chi connectivity index (χ3n) is 1.96. The molecule has 0 spiro atoms. The van der Waals surface area contributed by atoms with E-state index in [1.54, 1.807) is 18.4 Å². The van der Waals surface area contributed by atoms with Gasteiger partial charge in [-0.3, -0.25) is 0 Å². The number of hydrogen-bond acceptors (Lipinski definition) is 3. The van der Waals surface area contributed by atoms with Crippen molar-refractivity contribution < 1.29 is 13.9 Å². The Labute approximate surface area is 75.6 Å². The first kappa shape index (κ1) is 8.13. The average Bonchev–Trinajstić information content (AvgIpc) is 2.72. The Kier molecular flexibility index (Phi) is 1.94. The molecule has 0 saturated carbocycles. The second-order valence-corrected chi connectivity index (χ2v) is 2.89. The maximum Gasteiger partial charge on any atom is 0.169 e. The van der Waals surface area contributed by atoms with E-state index in [2.05, 4.69) is 0 Å². The number of furan rings is 2. The molecule has 1 atom stereocenters. The van der Waals surface area contributed by atoms with Gasteiger partial charge in [-0.25, -0.2) is 0 Å². The van der Waals surface area contributed by atoms with Gasteiger partial charge in [0.05, 0.1) is 12.5 Å². The zero-order chi connectivity index (χ0) is 9.26. The number of aryl methyl sites for hydroxylation is 1. The van der Waals surface area contributed by atoms with Crippen LogP contribution in [-0.2, 0) is 0 Å². The fourth-order valence-corrected chi connectivity index (χ4v) is 1.24. The highest BCUT2D eigenvalue weighted by Crippen LogP contribution is 2.25. The van der Waals surface area contributed by atoms with E-state index < -0.39 is 6.10 Å². The Morgan fingerprint density at radius 1 is 1.23 bits per heavy atom. The highest BCUT2D eigenvalue weighted by atomic mass is 16.4. The highest BCUT2D eigenvalue weighted by molar-refractivity contribution is 5.23. The highest BCUT2D eigenvalue weighted by Gasteiger charge is 2.18. The summed E-state index contributed by atoms with van der Waals surface area (Å²) in [6.45, 7) is 1.88. The van der Waals surface area contributed by atoms with Gasteiger partial charge in [-0.2, -0.15) is 0 Å². The van der Waals surface area contributed by atoms with Crippen molar-refractivity contribution in [2.45, 2.75) is 13.0 Å². The molecule has 1 unspecified atom stereocenters. The second-order valence-electron chi connectivity index (χ2n) is 2.89. The van der Waals surface area contributed by atoms with Crippen molar-refractivity contribution >= 4 is 0 Å². The summed E-state index contributed by atoms with van der Waals surface area (Å²) in [6, 6.07) is 5.25. The van der Waals surface area contributed by atoms with Crippen molar-refractivity contribution in [3.05, 3.63) is 47.8 Å². The molecular formula is C10H10O3. The number of rotatable bonds is 2. The Morgan fingerprint density at radius 2 is 2.08 bits per heavy atom. The minimum Gasteiger partial charge on any atom is -0.466 e. The van der Waals surface area contributed by atoms with Crippen LogP contribution in [0.2, 0.25) is 0 Å². The van der Waals surface area contributed by atoms with Crippen LogP contribution in [0.4, 0.5) is 0 Å². The van der Waals surface area contributed by atoms with E-state index in [0.29, 0.717) is 11.5 Å². The van der Waals surface area contributed by atoms with Crippen molar-refractivity contribution in [2.24, 2.45) is 0 Å². The van der Waals surface area contributed by atoms with Crippen LogP contribution < -0.4 is 0 Å². The largest absolute Gasteiger partial charge is 0.466 e. The van der Waals surface area contributed by atoms with Crippen LogP contribution in [0.1, 0.15) is 23.2 Å². The van der Waals surface area contributed by atoms with Crippen LogP contribution in [-0.4, -0.2) is 5.11 Å². The Balaban J connectivity index is 2.33. The molecule has 13 heavy (non-hydrogen) atoms. The molecular weight excluding hydrogens is 168 g/mol. The van der Waals surface area contributed by atoms with Crippen LogP contribution in [0.5, 0.6) is 0 Å². The maximum absolute atomic E-state index is 9.76. The summed E-state index contributed by atoms with van der Waals surface area (Å²) in [7, 11) is 0. The molecule has 0 fully saturated rings. The molecule has 0 saturated heterocycles. The fraction of sp³-hybridized carbons (Fsp3) is 0.200. The van der Waals surface area contributed by atoms with Crippen LogP contribution in [0.3, 0.4) is 0 Å². The molecule has 0 amide bonds. The van der Waals surface area contributed by atoms with E-state index in [0.717, 1.165) is 5.56 Å². The monoisotopic (exact) mass is 178 g/mol. The first-order chi connectivity index (χ1) is 6.29. The van der Waals surface area contributed by atoms with Crippen LogP contribution in [0.15, 0.2) is 39.6 Å². The predicted molar refractivity (Wildman–Crippen MR) is 46.2 cm³/mol. The van der Waals surface area contributed by atoms with Gasteiger partial charge in [-0.05, 0) is 30.7 Å². The summed E-state index contributed by atoms with van der Waals surface area (Å²) < 4.78 is 10.2. The van der Waals surface area contributed by atoms with Gasteiger partial charge in [0, 0.05) is 0 Å². The average molecular weight is 178 g/mol. The molecule has 68 valence electrons. The van der Waals surface area contributed by atoms with E-state index >= 15 is 0 Å². The summed E-state index contributed by atoms with van der Waals surface area (Å²) in [5, 5.41) is 9.76. The van der Waals surface area contributed by atoms with E-state index in [-0.39, 0.29) is 0 Å². The molecule has 0 aliphatic rings. The molecule has 2 aromatic rings. The summed E-state index contributed by atoms with van der Waals surface area (Å²) in [5.41, 5.74) is 0.920. The predicted octanol–water partition coefficient (Wildman–Crippen LogP) is 2.26. The zero-order valence-corrected chi connectivity index (χ0v) is 7.23. The summed E-state index contributed by atoms with van der Waals surface area (Å²) in [4.78, 5) is 0. The van der Waals surface area contributed by atoms with Gasteiger partial charge in [0.2, 0.25) is 0 Å². The van der Waals surface area contributed by atoms with Gasteiger partial charge in [-0.1, -0.05) is 0 Å². The summed E-state index contributed by atoms with van der Waals surface area (Å²) >= 11 is 0. The maximum atomic E-state index is 9.76. The lowest BCUT2D eigenvalue weighted by molar-refractivity contribution is 0.161. The smallest absolute Gasteiger partial charge is 0.169 e. The molecule has 3 nitrogen and oxygen atoms in total. The molecule has 0 aliphatic heterocycles. The van der Waals surface area contributed by atoms with Gasteiger partial charge in [0.15, 0.2) is 6.10 Å². The molecule has 0 radical (unpaired) electrons. The molecule has 3 heteroatoms. The van der Waals surface area contributed by atoms with E-state index in [9.17, 15) is 5.11 Å². The normalized spacial score (nSPS) is 13.1. The Bertz CT molecular complexity index is 373. The molecule has 0 aromatic carbocycles. The number of aliphatic hydroxyl groups is 1. The Morgan fingerprint density at radius 3 is 2.62 bits per heavy atom. The van der Waals surface area contributed by atoms with Crippen LogP contribution in [0, 0.1) is 6.92 Å². The lowest BCUT2D eigenvalue weighted by atomic mass is 10.1. The lowest BCUT2D eigenvalue weighted by Crippen LogP contribution is -1.97. The third-order valence-corrected chi connectivity index (χ3v) is 1.96. The zero-order valence-electron chi connectivity index (χ0n) is 7.23. The van der Waals surface area contributed by atoms with Crippen molar-refractivity contribution in [2.75, 3.05) is 0 Å². The molecule has 0 bridgehead atoms. The minimum absolute atomic E-state index is 0.498. The van der Waals surface area contributed by atoms with Crippen molar-refractivity contribution in [1.82, 2.24) is 0 Å². The quantitative estimate of drug-likeness (QED) is 0.767. The fourth-order valence-electron chi connectivity index (χ4n) is 1.24. The van der Waals surface area contributed by atoms with Gasteiger partial charge in [0.1, 0.15) is 11.5 Å². The minimum atomic E-state index is -0.801. The number of hydrogen-bond donors (Lipinski definition) is 1. The second kappa shape index (κ2) is 3.11. The van der Waals surface area contributed by atoms with E-state index in [4.69, 9.17) is 8.83 Å². The molecule has 2 rings (SSSR count). The van der Waals surface area contributed by atoms with Crippen LogP contribution in [0.25, 0.3) is 0 Å². The van der Waals surface area contributed by atoms with Gasteiger partial charge in [-0.15, -0.1) is 0 Å². The SMILES string of the molecule is Cc1ccoc1C(O)c1ccco1. The molecule has 2 aromatic heterocycles. The summed E-state index contributed by atoms with van der Waals surface area (Å²) in [5.74, 6) is 1.04. The third kappa shape index (κ3) is 1.38. The van der Waals surface area contributed by atoms with E-state index in [1.165, 1.54) is 6.26 Å². The van der Waals surface area contributed by atoms with Gasteiger partial charge in [0.25, 0.3) is 0 Å². The topological polar surface area (TPSA) is 46.5 Å². The van der Waals surface area contributed by atoms with Crippen molar-refractivity contribution in [1.29, 1.82) is 0 Å². The van der Waals surface area contributed by atoms with Gasteiger partial charge < -0.3 is 13.9 Å². The molecule has 2 heterocycles. The van der Waals surface area contributed by atoms with Gasteiger partial charge >= 0.3 is 0 Å². The molecule has 1 N–H and O–H groups in total. The standard InChI is InChI=1S/C10H10O3/c1-7-4-6-13-10(7)9(11)8-3-2-5-12-8/h2-6,9,11H,1H3. The van der Waals surface area contributed by atoms with Crippen molar-refractivity contribution in [3.63, 3.8) is 0 Å². The van der Waals surface area contributed by atoms with E-state index in [1.807, 2.05) is 13.0 Å². The first-order valence-electron chi connectivity index (χ1n) is 4.04. The van der Waals surface area contributed by atoms with Crippen LogP contribution >= 0.6 is 0 Å². The Hall–Kier alpha value is -1.48. The molecule has 0 aliphatic carbocycles. The summed E-state index contributed by atoms with van der Waals surface area (Å²) in [6.07, 6.45) is 2.28. The lowest BCUT2D eigenvalue weighted by Gasteiger charge is -2.04. The van der Waals surface area contributed by atoms with Crippen molar-refractivity contribution in [3.8, 4) is 0 Å². The first-order valence-corrected chi connectivity index (χ1v) is 4.04.